The van der Waals surface area contributed by atoms with Crippen LogP contribution in [0.5, 0.6) is 11.5 Å². The van der Waals surface area contributed by atoms with Gasteiger partial charge in [0.05, 0.1) is 7.11 Å². The van der Waals surface area contributed by atoms with Crippen LogP contribution >= 0.6 is 11.8 Å². The number of thioether (sulfide) groups is 1. The van der Waals surface area contributed by atoms with Gasteiger partial charge in [0.1, 0.15) is 6.61 Å². The van der Waals surface area contributed by atoms with Gasteiger partial charge in [-0.05, 0) is 41.6 Å². The van der Waals surface area contributed by atoms with E-state index >= 15 is 0 Å². The molecule has 0 aliphatic carbocycles. The molecule has 3 aromatic rings. The van der Waals surface area contributed by atoms with Crippen LogP contribution in [-0.2, 0) is 13.2 Å². The second-order valence-electron chi connectivity index (χ2n) is 6.97. The minimum Gasteiger partial charge on any atom is -0.493 e. The summed E-state index contributed by atoms with van der Waals surface area (Å²) < 4.78 is 11.4. The van der Waals surface area contributed by atoms with Crippen molar-refractivity contribution in [1.29, 1.82) is 0 Å². The maximum Gasteiger partial charge on any atom is 0.254 e. The Kier molecular flexibility index (Phi) is 8.38. The normalized spacial score (nSPS) is 10.5. The van der Waals surface area contributed by atoms with E-state index in [1.54, 1.807) is 42.0 Å². The van der Waals surface area contributed by atoms with Gasteiger partial charge in [-0.2, -0.15) is 0 Å². The third kappa shape index (κ3) is 6.03. The van der Waals surface area contributed by atoms with Gasteiger partial charge in [0, 0.05) is 30.1 Å². The summed E-state index contributed by atoms with van der Waals surface area (Å²) in [6.45, 7) is 1.79. The highest BCUT2D eigenvalue weighted by molar-refractivity contribution is 7.98. The second-order valence-corrected chi connectivity index (χ2v) is 7.82. The molecular weight excluding hydrogens is 408 g/mol. The summed E-state index contributed by atoms with van der Waals surface area (Å²) >= 11 is 1.67. The van der Waals surface area contributed by atoms with E-state index in [0.717, 1.165) is 16.0 Å². The largest absolute Gasteiger partial charge is 0.493 e. The third-order valence-electron chi connectivity index (χ3n) is 4.89. The molecule has 0 saturated heterocycles. The number of nitrogens with two attached hydrogens (primary N) is 1. The zero-order chi connectivity index (χ0) is 22.1. The first kappa shape index (κ1) is 22.7. The summed E-state index contributed by atoms with van der Waals surface area (Å²) in [4.78, 5) is 16.2. The topological polar surface area (TPSA) is 64.8 Å². The number of methoxy groups -OCH3 is 1. The molecule has 31 heavy (non-hydrogen) atoms. The van der Waals surface area contributed by atoms with Gasteiger partial charge in [0.25, 0.3) is 5.91 Å². The molecule has 0 aliphatic heterocycles. The molecule has 5 nitrogen and oxygen atoms in total. The molecule has 0 aromatic heterocycles. The molecule has 3 rings (SSSR count). The van der Waals surface area contributed by atoms with Crippen molar-refractivity contribution in [3.63, 3.8) is 0 Å². The van der Waals surface area contributed by atoms with Crippen LogP contribution in [0.2, 0.25) is 0 Å². The maximum atomic E-state index is 13.3. The number of rotatable bonds is 10. The van der Waals surface area contributed by atoms with Crippen molar-refractivity contribution in [2.24, 2.45) is 5.73 Å². The van der Waals surface area contributed by atoms with Crippen molar-refractivity contribution >= 4 is 17.7 Å². The average molecular weight is 437 g/mol. The smallest absolute Gasteiger partial charge is 0.254 e. The molecule has 0 unspecified atom stereocenters. The van der Waals surface area contributed by atoms with E-state index in [1.165, 1.54) is 0 Å². The van der Waals surface area contributed by atoms with Crippen molar-refractivity contribution < 1.29 is 14.3 Å². The lowest BCUT2D eigenvalue weighted by molar-refractivity contribution is 0.0746. The van der Waals surface area contributed by atoms with Crippen LogP contribution in [0.4, 0.5) is 0 Å². The Labute approximate surface area is 188 Å². The number of ether oxygens (including phenoxy) is 2. The molecule has 2 N–H and O–H groups in total. The van der Waals surface area contributed by atoms with Gasteiger partial charge in [-0.25, -0.2) is 0 Å². The first-order valence-corrected chi connectivity index (χ1v) is 11.3. The van der Waals surface area contributed by atoms with Gasteiger partial charge in [0.2, 0.25) is 0 Å². The average Bonchev–Trinajstić information content (AvgIpc) is 2.82. The van der Waals surface area contributed by atoms with Gasteiger partial charge in [-0.15, -0.1) is 11.8 Å². The minimum atomic E-state index is -0.0886. The first-order chi connectivity index (χ1) is 15.2. The number of hydrogen-bond acceptors (Lipinski definition) is 5. The highest BCUT2D eigenvalue weighted by Crippen LogP contribution is 2.30. The lowest BCUT2D eigenvalue weighted by Crippen LogP contribution is -2.35. The van der Waals surface area contributed by atoms with Crippen molar-refractivity contribution in [3.8, 4) is 11.5 Å². The Morgan fingerprint density at radius 3 is 2.45 bits per heavy atom. The molecule has 0 heterocycles. The molecule has 1 amide bonds. The standard InChI is InChI=1S/C25H28N2O3S/c1-29-23-16-20(12-13-22(23)30-18-19-8-4-3-5-9-19)25(28)27(15-14-26)17-21-10-6-7-11-24(21)31-2/h3-13,16H,14-15,17-18,26H2,1-2H3. The van der Waals surface area contributed by atoms with Crippen LogP contribution < -0.4 is 15.2 Å². The molecular formula is C25H28N2O3S. The van der Waals surface area contributed by atoms with Crippen molar-refractivity contribution in [3.05, 3.63) is 89.5 Å². The van der Waals surface area contributed by atoms with Gasteiger partial charge in [-0.3, -0.25) is 4.79 Å². The quantitative estimate of drug-likeness (QED) is 0.471. The summed E-state index contributed by atoms with van der Waals surface area (Å²) in [6.07, 6.45) is 2.03. The van der Waals surface area contributed by atoms with Crippen LogP contribution in [-0.4, -0.2) is 37.3 Å². The lowest BCUT2D eigenvalue weighted by atomic mass is 10.1. The highest BCUT2D eigenvalue weighted by Gasteiger charge is 2.19. The number of carbonyl (C=O) groups excluding carboxylic acids is 1. The Morgan fingerprint density at radius 1 is 1.00 bits per heavy atom. The molecule has 0 bridgehead atoms. The lowest BCUT2D eigenvalue weighted by Gasteiger charge is -2.24. The maximum absolute atomic E-state index is 13.3. The fourth-order valence-electron chi connectivity index (χ4n) is 3.29. The minimum absolute atomic E-state index is 0.0886. The summed E-state index contributed by atoms with van der Waals surface area (Å²) in [5.74, 6) is 1.04. The highest BCUT2D eigenvalue weighted by atomic mass is 32.2. The van der Waals surface area contributed by atoms with E-state index in [-0.39, 0.29) is 5.91 Å². The molecule has 0 aliphatic rings. The molecule has 0 radical (unpaired) electrons. The van der Waals surface area contributed by atoms with Gasteiger partial charge in [-0.1, -0.05) is 48.5 Å². The van der Waals surface area contributed by atoms with Gasteiger partial charge in [0.15, 0.2) is 11.5 Å². The Balaban J connectivity index is 1.78. The van der Waals surface area contributed by atoms with Gasteiger partial charge < -0.3 is 20.1 Å². The fourth-order valence-corrected chi connectivity index (χ4v) is 3.89. The number of hydrogen-bond donors (Lipinski definition) is 1. The number of carbonyl (C=O) groups is 1. The molecule has 0 spiro atoms. The summed E-state index contributed by atoms with van der Waals surface area (Å²) in [7, 11) is 1.57. The fraction of sp³-hybridized carbons (Fsp3) is 0.240. The van der Waals surface area contributed by atoms with E-state index in [1.807, 2.05) is 54.8 Å². The van der Waals surface area contributed by atoms with E-state index in [0.29, 0.717) is 43.3 Å². The van der Waals surface area contributed by atoms with Crippen LogP contribution in [0.25, 0.3) is 0 Å². The number of benzene rings is 3. The van der Waals surface area contributed by atoms with Crippen molar-refractivity contribution in [2.45, 2.75) is 18.0 Å². The van der Waals surface area contributed by atoms with Crippen LogP contribution in [0, 0.1) is 0 Å². The van der Waals surface area contributed by atoms with Crippen molar-refractivity contribution in [1.82, 2.24) is 4.90 Å². The molecule has 162 valence electrons. The van der Waals surface area contributed by atoms with Crippen LogP contribution in [0.15, 0.2) is 77.7 Å². The van der Waals surface area contributed by atoms with E-state index in [2.05, 4.69) is 6.07 Å². The number of amides is 1. The summed E-state index contributed by atoms with van der Waals surface area (Å²) in [5, 5.41) is 0. The zero-order valence-corrected chi connectivity index (χ0v) is 18.7. The van der Waals surface area contributed by atoms with E-state index < -0.39 is 0 Å². The Hall–Kier alpha value is -2.96. The predicted molar refractivity (Wildman–Crippen MR) is 126 cm³/mol. The van der Waals surface area contributed by atoms with Gasteiger partial charge >= 0.3 is 0 Å². The van der Waals surface area contributed by atoms with Crippen LogP contribution in [0.1, 0.15) is 21.5 Å². The van der Waals surface area contributed by atoms with Crippen molar-refractivity contribution in [2.75, 3.05) is 26.5 Å². The monoisotopic (exact) mass is 436 g/mol. The predicted octanol–water partition coefficient (Wildman–Crippen LogP) is 4.60. The molecule has 6 heteroatoms. The van der Waals surface area contributed by atoms with E-state index in [4.69, 9.17) is 15.2 Å². The molecule has 0 atom stereocenters. The molecule has 0 fully saturated rings. The third-order valence-corrected chi connectivity index (χ3v) is 5.73. The van der Waals surface area contributed by atoms with Crippen LogP contribution in [0.3, 0.4) is 0 Å². The summed E-state index contributed by atoms with van der Waals surface area (Å²) in [5.41, 5.74) is 8.51. The molecule has 3 aromatic carbocycles. The SMILES string of the molecule is COc1cc(C(=O)N(CCN)Cc2ccccc2SC)ccc1OCc1ccccc1. The number of nitrogens with zero attached hydrogens (tertiary/aromatic N) is 1. The van der Waals surface area contributed by atoms with E-state index in [9.17, 15) is 4.79 Å². The Morgan fingerprint density at radius 2 is 1.74 bits per heavy atom. The first-order valence-electron chi connectivity index (χ1n) is 10.1. The zero-order valence-electron chi connectivity index (χ0n) is 17.9. The second kappa shape index (κ2) is 11.4. The molecule has 0 saturated carbocycles. The summed E-state index contributed by atoms with van der Waals surface area (Å²) in [6, 6.07) is 23.3. The Bertz CT molecular complexity index is 995.